The second-order valence-corrected chi connectivity index (χ2v) is 6.58. The van der Waals surface area contributed by atoms with Crippen LogP contribution in [0.15, 0.2) is 0 Å². The average Bonchev–Trinajstić information content (AvgIpc) is 2.69. The van der Waals surface area contributed by atoms with Crippen molar-refractivity contribution >= 4 is 15.9 Å². The van der Waals surface area contributed by atoms with Gasteiger partial charge < -0.3 is 5.11 Å². The number of halogens is 1. The Bertz CT molecular complexity index is 228. The van der Waals surface area contributed by atoms with Crippen LogP contribution >= 0.6 is 15.9 Å². The molecule has 1 N–H and O–H groups in total. The molecule has 0 spiro atoms. The van der Waals surface area contributed by atoms with Crippen molar-refractivity contribution in [2.45, 2.75) is 69.9 Å². The molecule has 0 aliphatic carbocycles. The Morgan fingerprint density at radius 3 is 2.42 bits per heavy atom. The summed E-state index contributed by atoms with van der Waals surface area (Å²) >= 11 is 3.76. The van der Waals surface area contributed by atoms with Crippen molar-refractivity contribution < 1.29 is 5.11 Å². The van der Waals surface area contributed by atoms with E-state index < -0.39 is 0 Å². The Balaban J connectivity index is 2.30. The van der Waals surface area contributed by atoms with Crippen LogP contribution in [0.5, 0.6) is 0 Å². The molecule has 0 aromatic carbocycles. The minimum absolute atomic E-state index is 0.268. The summed E-state index contributed by atoms with van der Waals surface area (Å²) in [4.78, 5) is 5.39. The first-order chi connectivity index (χ1) is 9.24. The van der Waals surface area contributed by atoms with Gasteiger partial charge >= 0.3 is 0 Å². The van der Waals surface area contributed by atoms with Crippen molar-refractivity contribution in [3.63, 3.8) is 0 Å². The first-order valence-electron chi connectivity index (χ1n) is 7.99. The predicted molar refractivity (Wildman–Crippen MR) is 85.5 cm³/mol. The topological polar surface area (TPSA) is 26.7 Å². The highest BCUT2D eigenvalue weighted by Gasteiger charge is 2.35. The molecule has 0 aromatic rings. The Morgan fingerprint density at radius 1 is 1.11 bits per heavy atom. The van der Waals surface area contributed by atoms with E-state index in [0.29, 0.717) is 11.1 Å². The summed E-state index contributed by atoms with van der Waals surface area (Å²) < 4.78 is 0. The maximum Gasteiger partial charge on any atom is 0.0797 e. The van der Waals surface area contributed by atoms with Gasteiger partial charge in [-0.05, 0) is 13.0 Å². The molecule has 0 aromatic heterocycles. The SMILES string of the molecule is CCCCCCCCC1N(CCO)CC(Br)N1CC. The molecule has 1 heterocycles. The molecule has 3 nitrogen and oxygen atoms in total. The zero-order valence-electron chi connectivity index (χ0n) is 12.7. The van der Waals surface area contributed by atoms with E-state index in [1.807, 2.05) is 0 Å². The van der Waals surface area contributed by atoms with Crippen LogP contribution in [0.25, 0.3) is 0 Å². The third kappa shape index (κ3) is 5.70. The first-order valence-corrected chi connectivity index (χ1v) is 8.90. The number of aliphatic hydroxyl groups excluding tert-OH is 1. The maximum atomic E-state index is 9.18. The third-order valence-electron chi connectivity index (χ3n) is 4.12. The van der Waals surface area contributed by atoms with Gasteiger partial charge in [0, 0.05) is 13.1 Å². The zero-order valence-corrected chi connectivity index (χ0v) is 14.2. The molecule has 0 amide bonds. The molecule has 1 fully saturated rings. The number of hydrogen-bond acceptors (Lipinski definition) is 3. The minimum atomic E-state index is 0.268. The van der Waals surface area contributed by atoms with Crippen molar-refractivity contribution in [3.05, 3.63) is 0 Å². The molecule has 1 saturated heterocycles. The Morgan fingerprint density at radius 2 is 1.79 bits per heavy atom. The minimum Gasteiger partial charge on any atom is -0.395 e. The van der Waals surface area contributed by atoms with Crippen molar-refractivity contribution in [1.82, 2.24) is 9.80 Å². The van der Waals surface area contributed by atoms with Crippen LogP contribution in [0.2, 0.25) is 0 Å². The Hall–Kier alpha value is 0.360. The van der Waals surface area contributed by atoms with Gasteiger partial charge in [-0.15, -0.1) is 0 Å². The zero-order chi connectivity index (χ0) is 14.1. The third-order valence-corrected chi connectivity index (χ3v) is 4.93. The summed E-state index contributed by atoms with van der Waals surface area (Å²) in [6.45, 7) is 7.68. The number of unbranched alkanes of at least 4 members (excludes halogenated alkanes) is 5. The highest BCUT2D eigenvalue weighted by Crippen LogP contribution is 2.27. The number of alkyl halides is 1. The molecule has 0 saturated carbocycles. The average molecular weight is 335 g/mol. The van der Waals surface area contributed by atoms with E-state index in [0.717, 1.165) is 19.6 Å². The number of likely N-dealkylation sites (N-methyl/N-ethyl adjacent to an activating group) is 1. The Kier molecular flexibility index (Phi) is 9.29. The van der Waals surface area contributed by atoms with Crippen LogP contribution in [0.4, 0.5) is 0 Å². The van der Waals surface area contributed by atoms with E-state index in [1.54, 1.807) is 0 Å². The molecular formula is C15H31BrN2O. The van der Waals surface area contributed by atoms with Crippen molar-refractivity contribution in [2.75, 3.05) is 26.2 Å². The maximum absolute atomic E-state index is 9.18. The van der Waals surface area contributed by atoms with Crippen molar-refractivity contribution in [1.29, 1.82) is 0 Å². The lowest BCUT2D eigenvalue weighted by molar-refractivity contribution is 0.106. The summed E-state index contributed by atoms with van der Waals surface area (Å²) in [5, 5.41) is 9.18. The number of hydrogen-bond donors (Lipinski definition) is 1. The molecule has 2 atom stereocenters. The fraction of sp³-hybridized carbons (Fsp3) is 1.00. The van der Waals surface area contributed by atoms with E-state index in [9.17, 15) is 5.11 Å². The number of aliphatic hydroxyl groups is 1. The molecule has 4 heteroatoms. The van der Waals surface area contributed by atoms with Gasteiger partial charge in [0.25, 0.3) is 0 Å². The Labute approximate surface area is 127 Å². The molecule has 1 rings (SSSR count). The van der Waals surface area contributed by atoms with Crippen LogP contribution in [0, 0.1) is 0 Å². The molecular weight excluding hydrogens is 304 g/mol. The van der Waals surface area contributed by atoms with Crippen molar-refractivity contribution in [3.8, 4) is 0 Å². The van der Waals surface area contributed by atoms with Gasteiger partial charge in [0.2, 0.25) is 0 Å². The highest BCUT2D eigenvalue weighted by molar-refractivity contribution is 9.09. The normalized spacial score (nSPS) is 25.3. The summed E-state index contributed by atoms with van der Waals surface area (Å²) in [7, 11) is 0. The van der Waals surface area contributed by atoms with Crippen molar-refractivity contribution in [2.24, 2.45) is 0 Å². The largest absolute Gasteiger partial charge is 0.395 e. The predicted octanol–water partition coefficient (Wildman–Crippen LogP) is 3.41. The van der Waals surface area contributed by atoms with Crippen LogP contribution in [-0.2, 0) is 0 Å². The summed E-state index contributed by atoms with van der Waals surface area (Å²) in [5.41, 5.74) is 0. The first kappa shape index (κ1) is 17.4. The molecule has 0 bridgehead atoms. The lowest BCUT2D eigenvalue weighted by Gasteiger charge is -2.30. The van der Waals surface area contributed by atoms with Crippen LogP contribution in [-0.4, -0.2) is 52.3 Å². The van der Waals surface area contributed by atoms with Gasteiger partial charge in [-0.1, -0.05) is 68.3 Å². The quantitative estimate of drug-likeness (QED) is 0.376. The monoisotopic (exact) mass is 334 g/mol. The summed E-state index contributed by atoms with van der Waals surface area (Å²) in [6, 6.07) is 0. The second kappa shape index (κ2) is 10.1. The molecule has 1 aliphatic rings. The highest BCUT2D eigenvalue weighted by atomic mass is 79.9. The summed E-state index contributed by atoms with van der Waals surface area (Å²) in [5.74, 6) is 0. The lowest BCUT2D eigenvalue weighted by Crippen LogP contribution is -2.40. The second-order valence-electron chi connectivity index (χ2n) is 5.52. The molecule has 2 unspecified atom stereocenters. The van der Waals surface area contributed by atoms with Crippen LogP contribution < -0.4 is 0 Å². The summed E-state index contributed by atoms with van der Waals surface area (Å²) in [6.07, 6.45) is 9.90. The number of rotatable bonds is 10. The van der Waals surface area contributed by atoms with E-state index in [2.05, 4.69) is 39.6 Å². The smallest absolute Gasteiger partial charge is 0.0797 e. The molecule has 114 valence electrons. The fourth-order valence-corrected chi connectivity index (χ4v) is 3.98. The standard InChI is InChI=1S/C15H31BrN2O/c1-3-5-6-7-8-9-10-15-17(11-12-19)13-14(16)18(15)4-2/h14-15,19H,3-13H2,1-2H3. The van der Waals surface area contributed by atoms with Gasteiger partial charge in [0.1, 0.15) is 0 Å². The van der Waals surface area contributed by atoms with Gasteiger partial charge in [-0.3, -0.25) is 9.80 Å². The molecule has 1 aliphatic heterocycles. The molecule has 19 heavy (non-hydrogen) atoms. The van der Waals surface area contributed by atoms with E-state index in [1.165, 1.54) is 44.9 Å². The van der Waals surface area contributed by atoms with Gasteiger partial charge in [0.05, 0.1) is 17.7 Å². The van der Waals surface area contributed by atoms with E-state index in [4.69, 9.17) is 0 Å². The van der Waals surface area contributed by atoms with Gasteiger partial charge in [0.15, 0.2) is 0 Å². The lowest BCUT2D eigenvalue weighted by atomic mass is 10.1. The van der Waals surface area contributed by atoms with E-state index >= 15 is 0 Å². The number of β-amino-alcohol motifs (C(OH)–C–C–N with tert-alkyl or cyclic N) is 1. The molecule has 0 radical (unpaired) electrons. The van der Waals surface area contributed by atoms with Gasteiger partial charge in [-0.2, -0.15) is 0 Å². The van der Waals surface area contributed by atoms with Crippen LogP contribution in [0.3, 0.4) is 0 Å². The number of nitrogens with zero attached hydrogens (tertiary/aromatic N) is 2. The van der Waals surface area contributed by atoms with E-state index in [-0.39, 0.29) is 6.61 Å². The van der Waals surface area contributed by atoms with Gasteiger partial charge in [-0.25, -0.2) is 0 Å². The fourth-order valence-electron chi connectivity index (χ4n) is 3.05. The van der Waals surface area contributed by atoms with Crippen LogP contribution in [0.1, 0.15) is 58.8 Å².